The lowest BCUT2D eigenvalue weighted by molar-refractivity contribution is 0.865. The third kappa shape index (κ3) is 3.90. The number of imidazole rings is 1. The number of aryl methyl sites for hydroxylation is 1. The van der Waals surface area contributed by atoms with Crippen molar-refractivity contribution in [3.63, 3.8) is 0 Å². The third-order valence-corrected chi connectivity index (χ3v) is 5.37. The van der Waals surface area contributed by atoms with Crippen molar-refractivity contribution in [2.75, 3.05) is 5.32 Å². The van der Waals surface area contributed by atoms with Crippen molar-refractivity contribution < 1.29 is 0 Å². The zero-order chi connectivity index (χ0) is 21.5. The van der Waals surface area contributed by atoms with Gasteiger partial charge in [-0.05, 0) is 30.0 Å². The fraction of sp³-hybridized carbons (Fsp3) is 0.167. The van der Waals surface area contributed by atoms with Crippen molar-refractivity contribution >= 4 is 38.0 Å². The molecule has 2 aromatic heterocycles. The Kier molecular flexibility index (Phi) is 5.02. The number of nitrogens with one attached hydrogen (secondary N) is 1. The standard InChI is InChI=1S/C24H22B2N4/c1-15(17-7-9-21(10-8-17)24(3,25)26)29-23-12-20-11-18(5-6-19(20)13-28-23)22-14-27-16(2)30(22)4/h5-14H,1H2,2-4H3,(H,28,29). The monoisotopic (exact) mass is 388 g/mol. The molecule has 1 N–H and O–H groups in total. The van der Waals surface area contributed by atoms with Crippen LogP contribution in [0.3, 0.4) is 0 Å². The molecule has 0 amide bonds. The smallest absolute Gasteiger partial charge is 0.130 e. The Bertz CT molecular complexity index is 1230. The minimum atomic E-state index is -0.864. The van der Waals surface area contributed by atoms with Gasteiger partial charge in [-0.15, -0.1) is 0 Å². The van der Waals surface area contributed by atoms with Crippen molar-refractivity contribution in [2.45, 2.75) is 19.1 Å². The van der Waals surface area contributed by atoms with Gasteiger partial charge in [0.25, 0.3) is 0 Å². The summed E-state index contributed by atoms with van der Waals surface area (Å²) in [5.41, 5.74) is 4.76. The molecule has 144 valence electrons. The predicted octanol–water partition coefficient (Wildman–Crippen LogP) is 4.54. The van der Waals surface area contributed by atoms with Gasteiger partial charge in [0.05, 0.1) is 27.6 Å². The molecule has 0 atom stereocenters. The van der Waals surface area contributed by atoms with Crippen molar-refractivity contribution in [1.29, 1.82) is 0 Å². The van der Waals surface area contributed by atoms with Crippen LogP contribution >= 0.6 is 0 Å². The molecule has 0 fully saturated rings. The van der Waals surface area contributed by atoms with Crippen LogP contribution in [0, 0.1) is 6.92 Å². The molecular weight excluding hydrogens is 366 g/mol. The first-order valence-corrected chi connectivity index (χ1v) is 9.75. The molecule has 0 aliphatic rings. The zero-order valence-corrected chi connectivity index (χ0v) is 17.5. The molecular formula is C24H22B2N4. The number of fused-ring (bicyclic) bond motifs is 1. The first kappa shape index (κ1) is 20.0. The summed E-state index contributed by atoms with van der Waals surface area (Å²) >= 11 is 0. The molecule has 0 bridgehead atoms. The third-order valence-electron chi connectivity index (χ3n) is 5.37. The van der Waals surface area contributed by atoms with Gasteiger partial charge in [-0.1, -0.05) is 60.7 Å². The van der Waals surface area contributed by atoms with Gasteiger partial charge in [-0.3, -0.25) is 0 Å². The fourth-order valence-electron chi connectivity index (χ4n) is 3.40. The number of anilines is 1. The van der Waals surface area contributed by atoms with E-state index in [0.717, 1.165) is 50.5 Å². The van der Waals surface area contributed by atoms with Gasteiger partial charge in [0, 0.05) is 29.9 Å². The van der Waals surface area contributed by atoms with Crippen LogP contribution in [0.1, 0.15) is 23.9 Å². The van der Waals surface area contributed by atoms with E-state index in [9.17, 15) is 0 Å². The Morgan fingerprint density at radius 2 is 1.73 bits per heavy atom. The molecule has 4 aromatic rings. The van der Waals surface area contributed by atoms with Crippen LogP contribution in [0.15, 0.2) is 67.5 Å². The lowest BCUT2D eigenvalue weighted by atomic mass is 9.52. The zero-order valence-electron chi connectivity index (χ0n) is 17.5. The molecule has 0 spiro atoms. The van der Waals surface area contributed by atoms with E-state index in [4.69, 9.17) is 15.7 Å². The van der Waals surface area contributed by atoms with E-state index in [1.54, 1.807) is 6.92 Å². The molecule has 30 heavy (non-hydrogen) atoms. The van der Waals surface area contributed by atoms with E-state index < -0.39 is 5.21 Å². The highest BCUT2D eigenvalue weighted by Gasteiger charge is 2.13. The number of pyridine rings is 1. The van der Waals surface area contributed by atoms with Crippen molar-refractivity contribution in [3.8, 4) is 11.3 Å². The van der Waals surface area contributed by atoms with E-state index >= 15 is 0 Å². The van der Waals surface area contributed by atoms with E-state index in [-0.39, 0.29) is 0 Å². The Morgan fingerprint density at radius 3 is 2.37 bits per heavy atom. The largest absolute Gasteiger partial charge is 0.340 e. The molecule has 0 aliphatic heterocycles. The van der Waals surface area contributed by atoms with E-state index in [0.29, 0.717) is 0 Å². The molecule has 2 aromatic carbocycles. The minimum Gasteiger partial charge on any atom is -0.340 e. The minimum absolute atomic E-state index is 0.734. The van der Waals surface area contributed by atoms with Crippen LogP contribution in [0.25, 0.3) is 27.7 Å². The summed E-state index contributed by atoms with van der Waals surface area (Å²) in [6, 6.07) is 16.1. The van der Waals surface area contributed by atoms with Crippen LogP contribution in [0.5, 0.6) is 0 Å². The van der Waals surface area contributed by atoms with Crippen molar-refractivity contribution in [1.82, 2.24) is 14.5 Å². The van der Waals surface area contributed by atoms with Gasteiger partial charge in [0.1, 0.15) is 11.6 Å². The average molecular weight is 388 g/mol. The molecule has 0 unspecified atom stereocenters. The lowest BCUT2D eigenvalue weighted by Crippen LogP contribution is -2.21. The maximum absolute atomic E-state index is 5.95. The first-order valence-electron chi connectivity index (χ1n) is 9.75. The number of rotatable bonds is 5. The Morgan fingerprint density at radius 1 is 1.00 bits per heavy atom. The topological polar surface area (TPSA) is 42.7 Å². The summed E-state index contributed by atoms with van der Waals surface area (Å²) in [6.45, 7) is 7.92. The molecule has 0 aliphatic carbocycles. The number of hydrogen-bond donors (Lipinski definition) is 1. The number of hydrogen-bond acceptors (Lipinski definition) is 3. The molecule has 6 heteroatoms. The maximum Gasteiger partial charge on any atom is 0.130 e. The molecule has 4 rings (SSSR count). The van der Waals surface area contributed by atoms with Gasteiger partial charge in [0.15, 0.2) is 0 Å². The van der Waals surface area contributed by atoms with Gasteiger partial charge in [-0.2, -0.15) is 0 Å². The normalized spacial score (nSPS) is 11.6. The summed E-state index contributed by atoms with van der Waals surface area (Å²) in [7, 11) is 13.9. The Balaban J connectivity index is 1.60. The van der Waals surface area contributed by atoms with E-state index in [1.807, 2.05) is 56.7 Å². The second kappa shape index (κ2) is 7.52. The van der Waals surface area contributed by atoms with Crippen LogP contribution in [0.4, 0.5) is 5.82 Å². The van der Waals surface area contributed by atoms with Gasteiger partial charge in [0.2, 0.25) is 0 Å². The second-order valence-corrected chi connectivity index (χ2v) is 7.84. The number of aromatic nitrogens is 3. The summed E-state index contributed by atoms with van der Waals surface area (Å²) in [5, 5.41) is 4.60. The maximum atomic E-state index is 5.95. The van der Waals surface area contributed by atoms with E-state index in [2.05, 4.69) is 44.6 Å². The first-order chi connectivity index (χ1) is 14.2. The molecule has 4 radical (unpaired) electrons. The highest BCUT2D eigenvalue weighted by Crippen LogP contribution is 2.27. The van der Waals surface area contributed by atoms with Gasteiger partial charge in [-0.25, -0.2) is 9.97 Å². The molecule has 2 heterocycles. The molecule has 4 nitrogen and oxygen atoms in total. The SMILES string of the molecule is [B]C([B])(C)c1ccc(C(=C)Nc2cc3cc(-c4cnc(C)n4C)ccc3cn2)cc1. The molecule has 0 saturated heterocycles. The summed E-state index contributed by atoms with van der Waals surface area (Å²) < 4.78 is 2.08. The Hall–Kier alpha value is -3.27. The highest BCUT2D eigenvalue weighted by molar-refractivity contribution is 6.39. The quantitative estimate of drug-likeness (QED) is 0.511. The van der Waals surface area contributed by atoms with Gasteiger partial charge >= 0.3 is 0 Å². The Labute approximate surface area is 179 Å². The fourth-order valence-corrected chi connectivity index (χ4v) is 3.40. The second-order valence-electron chi connectivity index (χ2n) is 7.84. The number of nitrogens with zero attached hydrogens (tertiary/aromatic N) is 3. The summed E-state index contributed by atoms with van der Waals surface area (Å²) in [4.78, 5) is 8.92. The van der Waals surface area contributed by atoms with Crippen molar-refractivity contribution in [2.24, 2.45) is 7.05 Å². The van der Waals surface area contributed by atoms with Crippen LogP contribution in [-0.4, -0.2) is 30.2 Å². The average Bonchev–Trinajstić information content (AvgIpc) is 3.05. The van der Waals surface area contributed by atoms with Crippen LogP contribution < -0.4 is 5.32 Å². The lowest BCUT2D eigenvalue weighted by Gasteiger charge is -2.20. The number of benzene rings is 2. The highest BCUT2D eigenvalue weighted by atomic mass is 15.0. The van der Waals surface area contributed by atoms with Crippen LogP contribution in [0.2, 0.25) is 0 Å². The van der Waals surface area contributed by atoms with Crippen molar-refractivity contribution in [3.05, 3.63) is 84.5 Å². The molecule has 0 saturated carbocycles. The predicted molar refractivity (Wildman–Crippen MR) is 127 cm³/mol. The summed E-state index contributed by atoms with van der Waals surface area (Å²) in [6.07, 6.45) is 3.76. The van der Waals surface area contributed by atoms with Crippen LogP contribution in [-0.2, 0) is 12.3 Å². The van der Waals surface area contributed by atoms with Gasteiger partial charge < -0.3 is 9.88 Å². The van der Waals surface area contributed by atoms with E-state index in [1.165, 1.54) is 0 Å². The summed E-state index contributed by atoms with van der Waals surface area (Å²) in [5.74, 6) is 1.71.